The van der Waals surface area contributed by atoms with Crippen LogP contribution in [0.5, 0.6) is 0 Å². The second-order valence-corrected chi connectivity index (χ2v) is 8.02. The molecule has 0 spiro atoms. The van der Waals surface area contributed by atoms with Crippen molar-refractivity contribution in [1.82, 2.24) is 14.8 Å². The molecule has 4 aromatic rings. The van der Waals surface area contributed by atoms with Crippen LogP contribution in [0.4, 0.5) is 13.2 Å². The summed E-state index contributed by atoms with van der Waals surface area (Å²) < 4.78 is 33.9. The Labute approximate surface area is 192 Å². The zero-order valence-electron chi connectivity index (χ0n) is 16.0. The van der Waals surface area contributed by atoms with Crippen LogP contribution in [0.3, 0.4) is 0 Å². The highest BCUT2D eigenvalue weighted by Crippen LogP contribution is 2.39. The van der Waals surface area contributed by atoms with Gasteiger partial charge in [0.15, 0.2) is 0 Å². The molecule has 0 saturated carbocycles. The van der Waals surface area contributed by atoms with E-state index in [2.05, 4.69) is 10.1 Å². The minimum absolute atomic E-state index is 0.142. The molecule has 4 rings (SSSR count). The number of hydrogen-bond donors (Lipinski definition) is 1. The van der Waals surface area contributed by atoms with Gasteiger partial charge in [0.2, 0.25) is 0 Å². The fourth-order valence-corrected chi connectivity index (χ4v) is 4.31. The third-order valence-corrected chi connectivity index (χ3v) is 5.72. The molecule has 0 bridgehead atoms. The molecular weight excluding hydrogens is 490 g/mol. The number of aryl methyl sites for hydroxylation is 1. The summed E-state index contributed by atoms with van der Waals surface area (Å²) >= 11 is 13.8. The van der Waals surface area contributed by atoms with E-state index in [1.165, 1.54) is 16.0 Å². The molecule has 1 N–H and O–H groups in total. The molecule has 0 unspecified atom stereocenters. The molecule has 12 heteroatoms. The number of carboxylic acid groups (broad SMARTS) is 1. The molecule has 0 fully saturated rings. The van der Waals surface area contributed by atoms with Crippen molar-refractivity contribution in [1.29, 1.82) is 0 Å². The lowest BCUT2D eigenvalue weighted by molar-refractivity contribution is -0.192. The van der Waals surface area contributed by atoms with Gasteiger partial charge in [-0.2, -0.15) is 18.3 Å². The van der Waals surface area contributed by atoms with Crippen molar-refractivity contribution < 1.29 is 23.1 Å². The first kappa shape index (κ1) is 23.7. The average molecular weight is 502 g/mol. The van der Waals surface area contributed by atoms with Gasteiger partial charge in [-0.1, -0.05) is 23.2 Å². The summed E-state index contributed by atoms with van der Waals surface area (Å²) in [5.41, 5.74) is 3.09. The van der Waals surface area contributed by atoms with Crippen molar-refractivity contribution in [2.45, 2.75) is 6.18 Å². The van der Waals surface area contributed by atoms with E-state index in [1.54, 1.807) is 31.6 Å². The van der Waals surface area contributed by atoms with Gasteiger partial charge in [-0.15, -0.1) is 11.3 Å². The normalized spacial score (nSPS) is 11.2. The van der Waals surface area contributed by atoms with Gasteiger partial charge in [-0.25, -0.2) is 9.48 Å². The van der Waals surface area contributed by atoms with Gasteiger partial charge in [-0.3, -0.25) is 9.78 Å². The van der Waals surface area contributed by atoms with Gasteiger partial charge in [0.05, 0.1) is 15.1 Å². The van der Waals surface area contributed by atoms with Crippen molar-refractivity contribution in [3.63, 3.8) is 0 Å². The maximum atomic E-state index is 12.7. The van der Waals surface area contributed by atoms with Crippen LogP contribution < -0.4 is 5.56 Å². The molecule has 1 aromatic carbocycles. The van der Waals surface area contributed by atoms with Gasteiger partial charge in [0.1, 0.15) is 5.69 Å². The average Bonchev–Trinajstić information content (AvgIpc) is 3.17. The van der Waals surface area contributed by atoms with Crippen LogP contribution in [0.25, 0.3) is 32.5 Å². The Hall–Kier alpha value is -2.95. The molecular formula is C20H12Cl2F3N3O3S. The number of aliphatic carboxylic acids is 1. The summed E-state index contributed by atoms with van der Waals surface area (Å²) in [6.45, 7) is 0. The largest absolute Gasteiger partial charge is 0.490 e. The van der Waals surface area contributed by atoms with Crippen LogP contribution in [0, 0.1) is 0 Å². The molecule has 0 amide bonds. The zero-order valence-corrected chi connectivity index (χ0v) is 18.4. The Morgan fingerprint density at radius 3 is 2.31 bits per heavy atom. The quantitative estimate of drug-likeness (QED) is 0.382. The van der Waals surface area contributed by atoms with Crippen LogP contribution in [0.15, 0.2) is 52.9 Å². The molecule has 166 valence electrons. The van der Waals surface area contributed by atoms with Crippen molar-refractivity contribution >= 4 is 50.6 Å². The lowest BCUT2D eigenvalue weighted by Gasteiger charge is -2.08. The number of rotatable bonds is 2. The van der Waals surface area contributed by atoms with Crippen LogP contribution in [-0.4, -0.2) is 32.0 Å². The third-order valence-electron chi connectivity index (χ3n) is 4.18. The lowest BCUT2D eigenvalue weighted by atomic mass is 10.1. The van der Waals surface area contributed by atoms with E-state index in [0.29, 0.717) is 21.1 Å². The van der Waals surface area contributed by atoms with Crippen LogP contribution >= 0.6 is 34.5 Å². The second-order valence-electron chi connectivity index (χ2n) is 6.29. The molecule has 3 aromatic heterocycles. The summed E-state index contributed by atoms with van der Waals surface area (Å²) in [7, 11) is 1.64. The molecule has 0 aliphatic heterocycles. The van der Waals surface area contributed by atoms with Gasteiger partial charge in [-0.05, 0) is 35.9 Å². The number of halogens is 5. The Morgan fingerprint density at radius 1 is 1.12 bits per heavy atom. The van der Waals surface area contributed by atoms with Gasteiger partial charge < -0.3 is 5.11 Å². The Kier molecular flexibility index (Phi) is 6.87. The molecule has 0 saturated heterocycles. The molecule has 0 aliphatic carbocycles. The van der Waals surface area contributed by atoms with E-state index in [0.717, 1.165) is 21.4 Å². The van der Waals surface area contributed by atoms with E-state index >= 15 is 0 Å². The van der Waals surface area contributed by atoms with E-state index in [-0.39, 0.29) is 5.56 Å². The van der Waals surface area contributed by atoms with Crippen molar-refractivity contribution in [3.05, 3.63) is 68.5 Å². The molecule has 32 heavy (non-hydrogen) atoms. The standard InChI is InChI=1S/C18H11Cl2N3OS.C2HF3O2/c1-23-18(24)15-13(10-4-6-21-7-5-10)9-25-17(15)16(22-23)12-3-2-11(19)8-14(12)20;3-2(4,5)1(6)7/h2-9H,1H3;(H,6,7). The maximum absolute atomic E-state index is 12.7. The molecule has 0 atom stereocenters. The number of carboxylic acids is 1. The van der Waals surface area contributed by atoms with Crippen molar-refractivity contribution in [2.75, 3.05) is 0 Å². The van der Waals surface area contributed by atoms with Crippen LogP contribution in [0.1, 0.15) is 0 Å². The number of alkyl halides is 3. The first-order chi connectivity index (χ1) is 15.0. The first-order valence-corrected chi connectivity index (χ1v) is 10.3. The smallest absolute Gasteiger partial charge is 0.475 e. The van der Waals surface area contributed by atoms with Gasteiger partial charge in [0, 0.05) is 41.0 Å². The van der Waals surface area contributed by atoms with Crippen LogP contribution in [-0.2, 0) is 11.8 Å². The maximum Gasteiger partial charge on any atom is 0.490 e. The van der Waals surface area contributed by atoms with Crippen molar-refractivity contribution in [3.8, 4) is 22.4 Å². The Morgan fingerprint density at radius 2 is 1.75 bits per heavy atom. The minimum Gasteiger partial charge on any atom is -0.475 e. The number of hydrogen-bond acceptors (Lipinski definition) is 5. The summed E-state index contributed by atoms with van der Waals surface area (Å²) in [5, 5.41) is 15.2. The second kappa shape index (κ2) is 9.27. The molecule has 0 radical (unpaired) electrons. The molecule has 3 heterocycles. The zero-order chi connectivity index (χ0) is 23.6. The number of benzene rings is 1. The van der Waals surface area contributed by atoms with E-state index in [1.807, 2.05) is 23.6 Å². The van der Waals surface area contributed by atoms with Crippen molar-refractivity contribution in [2.24, 2.45) is 7.05 Å². The third kappa shape index (κ3) is 4.93. The number of carbonyl (C=O) groups is 1. The molecule has 6 nitrogen and oxygen atoms in total. The number of pyridine rings is 1. The molecule has 0 aliphatic rings. The van der Waals surface area contributed by atoms with Gasteiger partial charge in [0.25, 0.3) is 5.56 Å². The highest BCUT2D eigenvalue weighted by Gasteiger charge is 2.38. The Bertz CT molecular complexity index is 1360. The fraction of sp³-hybridized carbons (Fsp3) is 0.100. The highest BCUT2D eigenvalue weighted by atomic mass is 35.5. The predicted octanol–water partition coefficient (Wildman–Crippen LogP) is 5.66. The minimum atomic E-state index is -5.08. The topological polar surface area (TPSA) is 85.1 Å². The van der Waals surface area contributed by atoms with E-state index < -0.39 is 12.1 Å². The predicted molar refractivity (Wildman–Crippen MR) is 117 cm³/mol. The Balaban J connectivity index is 0.000000360. The van der Waals surface area contributed by atoms with E-state index in [9.17, 15) is 18.0 Å². The monoisotopic (exact) mass is 501 g/mol. The highest BCUT2D eigenvalue weighted by molar-refractivity contribution is 7.18. The lowest BCUT2D eigenvalue weighted by Crippen LogP contribution is -2.21. The number of fused-ring (bicyclic) bond motifs is 1. The van der Waals surface area contributed by atoms with Crippen LogP contribution in [0.2, 0.25) is 10.0 Å². The number of nitrogens with zero attached hydrogens (tertiary/aromatic N) is 3. The van der Waals surface area contributed by atoms with Gasteiger partial charge >= 0.3 is 12.1 Å². The number of thiophene rings is 1. The fourth-order valence-electron chi connectivity index (χ4n) is 2.75. The summed E-state index contributed by atoms with van der Waals surface area (Å²) in [6, 6.07) is 9.03. The summed E-state index contributed by atoms with van der Waals surface area (Å²) in [5.74, 6) is -2.76. The summed E-state index contributed by atoms with van der Waals surface area (Å²) in [6.07, 6.45) is -1.66. The summed E-state index contributed by atoms with van der Waals surface area (Å²) in [4.78, 5) is 25.7. The number of aromatic nitrogens is 3. The first-order valence-electron chi connectivity index (χ1n) is 8.65. The SMILES string of the molecule is Cn1nc(-c2ccc(Cl)cc2Cl)c2scc(-c3ccncc3)c2c1=O.O=C(O)C(F)(F)F. The van der Waals surface area contributed by atoms with E-state index in [4.69, 9.17) is 33.1 Å².